The standard InChI is InChI=1S/C24H25Cl2N3/c1-23(2)11-16-12-24(3,13-23)14-29(16)22-18-6-4-5-7-20(18)27-21(28-22)17-9-8-15(25)10-19(17)26/h4-10,16H,11-14H2,1-3H3/t16-,24+/m1/s1. The molecule has 3 nitrogen and oxygen atoms in total. The molecule has 2 fully saturated rings. The van der Waals surface area contributed by atoms with Gasteiger partial charge in [-0.15, -0.1) is 0 Å². The third-order valence-corrected chi connectivity index (χ3v) is 6.99. The fraction of sp³-hybridized carbons (Fsp3) is 0.417. The first-order valence-electron chi connectivity index (χ1n) is 10.2. The van der Waals surface area contributed by atoms with E-state index in [-0.39, 0.29) is 0 Å². The molecule has 150 valence electrons. The van der Waals surface area contributed by atoms with Gasteiger partial charge in [-0.3, -0.25) is 0 Å². The van der Waals surface area contributed by atoms with Crippen LogP contribution < -0.4 is 4.90 Å². The van der Waals surface area contributed by atoms with Gasteiger partial charge in [0, 0.05) is 28.6 Å². The van der Waals surface area contributed by atoms with Crippen molar-refractivity contribution in [2.45, 2.75) is 46.1 Å². The van der Waals surface area contributed by atoms with Crippen molar-refractivity contribution in [2.75, 3.05) is 11.4 Å². The number of para-hydroxylation sites is 1. The summed E-state index contributed by atoms with van der Waals surface area (Å²) in [7, 11) is 0. The molecule has 1 aliphatic heterocycles. The first-order valence-corrected chi connectivity index (χ1v) is 11.0. The van der Waals surface area contributed by atoms with Gasteiger partial charge in [-0.2, -0.15) is 0 Å². The molecule has 2 bridgehead atoms. The lowest BCUT2D eigenvalue weighted by molar-refractivity contribution is 0.136. The maximum absolute atomic E-state index is 6.50. The van der Waals surface area contributed by atoms with Gasteiger partial charge in [0.15, 0.2) is 5.82 Å². The van der Waals surface area contributed by atoms with Crippen LogP contribution in [-0.2, 0) is 0 Å². The average Bonchev–Trinajstić information content (AvgIpc) is 2.89. The third kappa shape index (κ3) is 3.39. The Kier molecular flexibility index (Phi) is 4.34. The van der Waals surface area contributed by atoms with Crippen molar-refractivity contribution in [3.63, 3.8) is 0 Å². The molecule has 3 aromatic rings. The largest absolute Gasteiger partial charge is 0.352 e. The summed E-state index contributed by atoms with van der Waals surface area (Å²) in [5, 5.41) is 2.30. The van der Waals surface area contributed by atoms with Gasteiger partial charge < -0.3 is 4.90 Å². The Morgan fingerprint density at radius 1 is 1.00 bits per heavy atom. The molecule has 0 N–H and O–H groups in total. The molecule has 1 aromatic heterocycles. The second-order valence-corrected chi connectivity index (χ2v) is 10.7. The van der Waals surface area contributed by atoms with E-state index in [9.17, 15) is 0 Å². The highest BCUT2D eigenvalue weighted by Gasteiger charge is 2.50. The Morgan fingerprint density at radius 3 is 2.59 bits per heavy atom. The van der Waals surface area contributed by atoms with Crippen LogP contribution in [0.2, 0.25) is 10.0 Å². The predicted molar refractivity (Wildman–Crippen MR) is 122 cm³/mol. The van der Waals surface area contributed by atoms with Gasteiger partial charge in [0.05, 0.1) is 10.5 Å². The van der Waals surface area contributed by atoms with Crippen LogP contribution in [0.25, 0.3) is 22.3 Å². The number of hydrogen-bond acceptors (Lipinski definition) is 3. The predicted octanol–water partition coefficient (Wildman–Crippen LogP) is 7.01. The van der Waals surface area contributed by atoms with E-state index >= 15 is 0 Å². The van der Waals surface area contributed by atoms with Gasteiger partial charge in [0.25, 0.3) is 0 Å². The first kappa shape index (κ1) is 19.1. The molecule has 5 heteroatoms. The highest BCUT2D eigenvalue weighted by molar-refractivity contribution is 6.36. The Balaban J connectivity index is 1.68. The van der Waals surface area contributed by atoms with E-state index in [1.165, 1.54) is 19.3 Å². The Labute approximate surface area is 182 Å². The van der Waals surface area contributed by atoms with Crippen LogP contribution in [0.1, 0.15) is 40.0 Å². The van der Waals surface area contributed by atoms with Gasteiger partial charge in [-0.25, -0.2) is 9.97 Å². The minimum atomic E-state index is 0.330. The topological polar surface area (TPSA) is 29.0 Å². The van der Waals surface area contributed by atoms with E-state index in [1.54, 1.807) is 6.07 Å². The number of benzene rings is 2. The average molecular weight is 426 g/mol. The quantitative estimate of drug-likeness (QED) is 0.441. The molecule has 0 spiro atoms. The number of nitrogens with zero attached hydrogens (tertiary/aromatic N) is 3. The minimum Gasteiger partial charge on any atom is -0.352 e. The van der Waals surface area contributed by atoms with E-state index in [2.05, 4.69) is 43.9 Å². The fourth-order valence-electron chi connectivity index (χ4n) is 5.78. The third-order valence-electron chi connectivity index (χ3n) is 6.44. The second-order valence-electron chi connectivity index (χ2n) is 9.85. The molecule has 2 heterocycles. The summed E-state index contributed by atoms with van der Waals surface area (Å²) in [6, 6.07) is 14.3. The van der Waals surface area contributed by atoms with Crippen molar-refractivity contribution in [3.8, 4) is 11.4 Å². The van der Waals surface area contributed by atoms with Crippen molar-refractivity contribution in [1.82, 2.24) is 9.97 Å². The molecular formula is C24H25Cl2N3. The smallest absolute Gasteiger partial charge is 0.163 e. The number of halogens is 2. The zero-order valence-electron chi connectivity index (χ0n) is 17.0. The lowest BCUT2D eigenvalue weighted by atomic mass is 9.65. The molecule has 29 heavy (non-hydrogen) atoms. The first-order chi connectivity index (χ1) is 13.7. The molecule has 2 aromatic carbocycles. The maximum atomic E-state index is 6.50. The number of hydrogen-bond donors (Lipinski definition) is 0. The highest BCUT2D eigenvalue weighted by Crippen LogP contribution is 2.53. The van der Waals surface area contributed by atoms with E-state index in [0.29, 0.717) is 32.7 Å². The van der Waals surface area contributed by atoms with Gasteiger partial charge in [0.1, 0.15) is 5.82 Å². The summed E-state index contributed by atoms with van der Waals surface area (Å²) in [4.78, 5) is 12.4. The SMILES string of the molecule is CC1(C)C[C@@H]2C[C@](C)(CN2c2nc(-c3ccc(Cl)cc3Cl)nc3ccccc23)C1. The highest BCUT2D eigenvalue weighted by atomic mass is 35.5. The molecule has 0 radical (unpaired) electrons. The van der Waals surface area contributed by atoms with Crippen LogP contribution in [0.3, 0.4) is 0 Å². The van der Waals surface area contributed by atoms with Crippen LogP contribution in [0.5, 0.6) is 0 Å². The number of aromatic nitrogens is 2. The number of fused-ring (bicyclic) bond motifs is 3. The number of rotatable bonds is 2. The number of anilines is 1. The van der Waals surface area contributed by atoms with Crippen molar-refractivity contribution in [1.29, 1.82) is 0 Å². The summed E-state index contributed by atoms with van der Waals surface area (Å²) >= 11 is 12.6. The summed E-state index contributed by atoms with van der Waals surface area (Å²) in [5.41, 5.74) is 2.45. The normalized spacial score (nSPS) is 25.6. The molecule has 5 rings (SSSR count). The Hall–Kier alpha value is -1.84. The molecule has 1 saturated heterocycles. The van der Waals surface area contributed by atoms with Crippen LogP contribution in [0.4, 0.5) is 5.82 Å². The van der Waals surface area contributed by atoms with E-state index in [0.717, 1.165) is 28.8 Å². The molecule has 0 unspecified atom stereocenters. The zero-order valence-corrected chi connectivity index (χ0v) is 18.6. The van der Waals surface area contributed by atoms with Gasteiger partial charge in [0.2, 0.25) is 0 Å². The summed E-state index contributed by atoms with van der Waals surface area (Å²) in [6.45, 7) is 8.27. The second kappa shape index (κ2) is 6.58. The van der Waals surface area contributed by atoms with E-state index in [1.807, 2.05) is 18.2 Å². The molecule has 1 aliphatic carbocycles. The Bertz CT molecular complexity index is 1110. The molecular weight excluding hydrogens is 401 g/mol. The lowest BCUT2D eigenvalue weighted by Crippen LogP contribution is -2.35. The Morgan fingerprint density at radius 2 is 1.79 bits per heavy atom. The van der Waals surface area contributed by atoms with Gasteiger partial charge >= 0.3 is 0 Å². The maximum Gasteiger partial charge on any atom is 0.163 e. The zero-order chi connectivity index (χ0) is 20.4. The molecule has 2 atom stereocenters. The molecule has 1 saturated carbocycles. The fourth-order valence-corrected chi connectivity index (χ4v) is 6.27. The lowest BCUT2D eigenvalue weighted by Gasteiger charge is -2.39. The van der Waals surface area contributed by atoms with E-state index < -0.39 is 0 Å². The molecule has 0 amide bonds. The monoisotopic (exact) mass is 425 g/mol. The molecule has 2 aliphatic rings. The van der Waals surface area contributed by atoms with Gasteiger partial charge in [-0.05, 0) is 60.4 Å². The van der Waals surface area contributed by atoms with Gasteiger partial charge in [-0.1, -0.05) is 56.1 Å². The van der Waals surface area contributed by atoms with E-state index in [4.69, 9.17) is 33.2 Å². The van der Waals surface area contributed by atoms with Crippen LogP contribution in [0.15, 0.2) is 42.5 Å². The van der Waals surface area contributed by atoms with Crippen molar-refractivity contribution >= 4 is 39.9 Å². The minimum absolute atomic E-state index is 0.330. The van der Waals surface area contributed by atoms with Crippen molar-refractivity contribution < 1.29 is 0 Å². The summed E-state index contributed by atoms with van der Waals surface area (Å²) < 4.78 is 0. The van der Waals surface area contributed by atoms with Crippen LogP contribution in [-0.4, -0.2) is 22.6 Å². The van der Waals surface area contributed by atoms with Crippen LogP contribution in [0, 0.1) is 10.8 Å². The summed E-state index contributed by atoms with van der Waals surface area (Å²) in [5.74, 6) is 1.69. The van der Waals surface area contributed by atoms with Crippen LogP contribution >= 0.6 is 23.2 Å². The van der Waals surface area contributed by atoms with Crippen molar-refractivity contribution in [2.24, 2.45) is 10.8 Å². The summed E-state index contributed by atoms with van der Waals surface area (Å²) in [6.07, 6.45) is 3.68. The van der Waals surface area contributed by atoms with Crippen molar-refractivity contribution in [3.05, 3.63) is 52.5 Å².